The first-order chi connectivity index (χ1) is 7.72. The zero-order chi connectivity index (χ0) is 11.8. The maximum atomic E-state index is 11.3. The Hall–Kier alpha value is -1.65. The minimum atomic E-state index is 0.0648. The summed E-state index contributed by atoms with van der Waals surface area (Å²) in [5.74, 6) is 0.776. The van der Waals surface area contributed by atoms with E-state index in [1.807, 2.05) is 19.9 Å². The summed E-state index contributed by atoms with van der Waals surface area (Å²) < 4.78 is 0. The molecule has 0 saturated heterocycles. The van der Waals surface area contributed by atoms with Crippen molar-refractivity contribution in [1.29, 1.82) is 0 Å². The summed E-state index contributed by atoms with van der Waals surface area (Å²) in [5.41, 5.74) is 1.05. The number of hydrogen-bond acceptors (Lipinski definition) is 4. The molecule has 5 nitrogen and oxygen atoms in total. The van der Waals surface area contributed by atoms with E-state index in [2.05, 4.69) is 20.8 Å². The van der Waals surface area contributed by atoms with Crippen molar-refractivity contribution in [1.82, 2.24) is 15.5 Å². The number of carbonyl (C=O) groups is 1. The third-order valence-corrected chi connectivity index (χ3v) is 2.02. The second-order valence-corrected chi connectivity index (χ2v) is 3.64. The van der Waals surface area contributed by atoms with Crippen LogP contribution >= 0.6 is 0 Å². The molecule has 0 spiro atoms. The van der Waals surface area contributed by atoms with Crippen LogP contribution in [0.25, 0.3) is 0 Å². The molecule has 2 N–H and O–H groups in total. The van der Waals surface area contributed by atoms with Crippen LogP contribution in [0.3, 0.4) is 0 Å². The van der Waals surface area contributed by atoms with Crippen molar-refractivity contribution in [2.45, 2.75) is 26.7 Å². The molecular formula is C11H18N4O. The SMILES string of the molecule is CCCNC(=O)CCNc1cc(C)cnn1. The molecule has 0 aliphatic heterocycles. The van der Waals surface area contributed by atoms with Crippen molar-refractivity contribution in [2.75, 3.05) is 18.4 Å². The molecule has 5 heteroatoms. The van der Waals surface area contributed by atoms with Gasteiger partial charge in [-0.2, -0.15) is 5.10 Å². The first-order valence-electron chi connectivity index (χ1n) is 5.52. The quantitative estimate of drug-likeness (QED) is 0.756. The summed E-state index contributed by atoms with van der Waals surface area (Å²) >= 11 is 0. The van der Waals surface area contributed by atoms with Gasteiger partial charge in [-0.1, -0.05) is 6.92 Å². The maximum Gasteiger partial charge on any atom is 0.221 e. The van der Waals surface area contributed by atoms with Crippen LogP contribution in [-0.4, -0.2) is 29.2 Å². The number of hydrogen-bond donors (Lipinski definition) is 2. The van der Waals surface area contributed by atoms with Crippen molar-refractivity contribution < 1.29 is 4.79 Å². The van der Waals surface area contributed by atoms with Crippen molar-refractivity contribution in [3.8, 4) is 0 Å². The molecule has 0 saturated carbocycles. The smallest absolute Gasteiger partial charge is 0.221 e. The molecule has 1 rings (SSSR count). The molecule has 1 heterocycles. The minimum absolute atomic E-state index is 0.0648. The minimum Gasteiger partial charge on any atom is -0.368 e. The van der Waals surface area contributed by atoms with Gasteiger partial charge in [0.05, 0.1) is 6.20 Å². The topological polar surface area (TPSA) is 66.9 Å². The Bertz CT molecular complexity index is 341. The summed E-state index contributed by atoms with van der Waals surface area (Å²) in [5, 5.41) is 13.6. The number of nitrogens with zero attached hydrogens (tertiary/aromatic N) is 2. The van der Waals surface area contributed by atoms with E-state index < -0.39 is 0 Å². The molecule has 0 radical (unpaired) electrons. The molecule has 1 aromatic rings. The van der Waals surface area contributed by atoms with Crippen molar-refractivity contribution in [3.63, 3.8) is 0 Å². The van der Waals surface area contributed by atoms with Crippen LogP contribution < -0.4 is 10.6 Å². The largest absolute Gasteiger partial charge is 0.368 e. The second-order valence-electron chi connectivity index (χ2n) is 3.64. The lowest BCUT2D eigenvalue weighted by atomic mass is 10.3. The van der Waals surface area contributed by atoms with Gasteiger partial charge in [0.1, 0.15) is 5.82 Å². The highest BCUT2D eigenvalue weighted by Crippen LogP contribution is 2.02. The highest BCUT2D eigenvalue weighted by atomic mass is 16.1. The fraction of sp³-hybridized carbons (Fsp3) is 0.545. The van der Waals surface area contributed by atoms with Crippen LogP contribution in [0.15, 0.2) is 12.3 Å². The Kier molecular flexibility index (Phi) is 5.25. The van der Waals surface area contributed by atoms with Gasteiger partial charge in [0.15, 0.2) is 0 Å². The molecule has 0 aliphatic carbocycles. The fourth-order valence-electron chi connectivity index (χ4n) is 1.21. The first-order valence-corrected chi connectivity index (χ1v) is 5.52. The van der Waals surface area contributed by atoms with E-state index in [4.69, 9.17) is 0 Å². The molecule has 1 amide bonds. The second kappa shape index (κ2) is 6.76. The van der Waals surface area contributed by atoms with E-state index >= 15 is 0 Å². The van der Waals surface area contributed by atoms with E-state index in [1.165, 1.54) is 0 Å². The summed E-state index contributed by atoms with van der Waals surface area (Å²) in [6.45, 7) is 5.30. The third kappa shape index (κ3) is 4.72. The molecule has 0 unspecified atom stereocenters. The zero-order valence-corrected chi connectivity index (χ0v) is 9.79. The molecule has 88 valence electrons. The highest BCUT2D eigenvalue weighted by molar-refractivity contribution is 5.76. The normalized spacial score (nSPS) is 9.88. The van der Waals surface area contributed by atoms with E-state index in [0.717, 1.165) is 18.5 Å². The molecule has 1 aromatic heterocycles. The van der Waals surface area contributed by atoms with Crippen LogP contribution in [0.1, 0.15) is 25.3 Å². The Morgan fingerprint density at radius 1 is 1.44 bits per heavy atom. The average Bonchev–Trinajstić information content (AvgIpc) is 2.26. The predicted octanol–water partition coefficient (Wildman–Crippen LogP) is 1.11. The number of rotatable bonds is 6. The van der Waals surface area contributed by atoms with Crippen molar-refractivity contribution in [2.24, 2.45) is 0 Å². The van der Waals surface area contributed by atoms with Gasteiger partial charge in [0, 0.05) is 19.5 Å². The highest BCUT2D eigenvalue weighted by Gasteiger charge is 2.00. The van der Waals surface area contributed by atoms with Crippen molar-refractivity contribution in [3.05, 3.63) is 17.8 Å². The zero-order valence-electron chi connectivity index (χ0n) is 9.79. The van der Waals surface area contributed by atoms with Gasteiger partial charge in [-0.15, -0.1) is 5.10 Å². The third-order valence-electron chi connectivity index (χ3n) is 2.02. The lowest BCUT2D eigenvalue weighted by molar-refractivity contribution is -0.120. The van der Waals surface area contributed by atoms with E-state index in [0.29, 0.717) is 18.8 Å². The van der Waals surface area contributed by atoms with Gasteiger partial charge in [-0.05, 0) is 25.0 Å². The van der Waals surface area contributed by atoms with E-state index in [-0.39, 0.29) is 5.91 Å². The molecular weight excluding hydrogens is 204 g/mol. The fourth-order valence-corrected chi connectivity index (χ4v) is 1.21. The summed E-state index contributed by atoms with van der Waals surface area (Å²) in [7, 11) is 0. The Morgan fingerprint density at radius 2 is 2.25 bits per heavy atom. The molecule has 0 fully saturated rings. The van der Waals surface area contributed by atoms with Crippen molar-refractivity contribution >= 4 is 11.7 Å². The van der Waals surface area contributed by atoms with Crippen LogP contribution in [0, 0.1) is 6.92 Å². The van der Waals surface area contributed by atoms with Gasteiger partial charge in [-0.3, -0.25) is 4.79 Å². The molecule has 0 aromatic carbocycles. The van der Waals surface area contributed by atoms with Gasteiger partial charge < -0.3 is 10.6 Å². The van der Waals surface area contributed by atoms with Crippen LogP contribution in [-0.2, 0) is 4.79 Å². The Balaban J connectivity index is 2.22. The first kappa shape index (κ1) is 12.4. The average molecular weight is 222 g/mol. The summed E-state index contributed by atoms with van der Waals surface area (Å²) in [6, 6.07) is 1.90. The number of nitrogens with one attached hydrogen (secondary N) is 2. The van der Waals surface area contributed by atoms with Crippen LogP contribution in [0.5, 0.6) is 0 Å². The number of aromatic nitrogens is 2. The monoisotopic (exact) mass is 222 g/mol. The van der Waals surface area contributed by atoms with E-state index in [9.17, 15) is 4.79 Å². The maximum absolute atomic E-state index is 11.3. The Labute approximate surface area is 95.7 Å². The predicted molar refractivity (Wildman–Crippen MR) is 63.2 cm³/mol. The molecule has 0 aliphatic rings. The summed E-state index contributed by atoms with van der Waals surface area (Å²) in [4.78, 5) is 11.3. The lowest BCUT2D eigenvalue weighted by Crippen LogP contribution is -2.26. The van der Waals surface area contributed by atoms with Gasteiger partial charge in [-0.25, -0.2) is 0 Å². The number of amides is 1. The molecule has 0 atom stereocenters. The van der Waals surface area contributed by atoms with E-state index in [1.54, 1.807) is 6.20 Å². The number of aryl methyl sites for hydroxylation is 1. The molecule has 0 bridgehead atoms. The number of anilines is 1. The van der Waals surface area contributed by atoms with Gasteiger partial charge >= 0.3 is 0 Å². The van der Waals surface area contributed by atoms with Gasteiger partial charge in [0.2, 0.25) is 5.91 Å². The standard InChI is InChI=1S/C11H18N4O/c1-3-5-13-11(16)4-6-12-10-7-9(2)8-14-15-10/h7-8H,3-6H2,1-2H3,(H,12,15)(H,13,16). The summed E-state index contributed by atoms with van der Waals surface area (Å²) in [6.07, 6.45) is 3.11. The van der Waals surface area contributed by atoms with Gasteiger partial charge in [0.25, 0.3) is 0 Å². The number of carbonyl (C=O) groups excluding carboxylic acids is 1. The lowest BCUT2D eigenvalue weighted by Gasteiger charge is -2.05. The Morgan fingerprint density at radius 3 is 2.94 bits per heavy atom. The molecule has 16 heavy (non-hydrogen) atoms. The van der Waals surface area contributed by atoms with Crippen LogP contribution in [0.4, 0.5) is 5.82 Å². The van der Waals surface area contributed by atoms with Crippen LogP contribution in [0.2, 0.25) is 0 Å².